The van der Waals surface area contributed by atoms with Crippen LogP contribution >= 0.6 is 0 Å². The Labute approximate surface area is 91.1 Å². The van der Waals surface area contributed by atoms with Gasteiger partial charge in [0.05, 0.1) is 17.3 Å². The summed E-state index contributed by atoms with van der Waals surface area (Å²) in [6, 6.07) is 3.61. The normalized spacial score (nSPS) is 11.1. The van der Waals surface area contributed by atoms with E-state index in [-0.39, 0.29) is 0 Å². The molecule has 0 unspecified atom stereocenters. The first-order valence-corrected chi connectivity index (χ1v) is 4.83. The molecule has 0 aromatic carbocycles. The molecule has 0 amide bonds. The molecule has 3 N–H and O–H groups in total. The van der Waals surface area contributed by atoms with Gasteiger partial charge in [0.1, 0.15) is 11.6 Å². The lowest BCUT2D eigenvalue weighted by Crippen LogP contribution is -1.88. The first kappa shape index (κ1) is 8.90. The number of aromatic amines is 1. The summed E-state index contributed by atoms with van der Waals surface area (Å²) < 4.78 is 1.73. The Kier molecular flexibility index (Phi) is 1.70. The number of nitrogen functional groups attached to an aromatic ring is 1. The Balaban J connectivity index is 2.18. The van der Waals surface area contributed by atoms with E-state index in [1.165, 1.54) is 0 Å². The molecule has 0 aliphatic rings. The zero-order chi connectivity index (χ0) is 11.1. The molecule has 0 radical (unpaired) electrons. The van der Waals surface area contributed by atoms with Crippen molar-refractivity contribution >= 4 is 17.0 Å². The van der Waals surface area contributed by atoms with Gasteiger partial charge in [-0.3, -0.25) is 4.68 Å². The van der Waals surface area contributed by atoms with E-state index >= 15 is 0 Å². The van der Waals surface area contributed by atoms with Crippen molar-refractivity contribution in [2.75, 3.05) is 5.73 Å². The van der Waals surface area contributed by atoms with Crippen LogP contribution in [-0.2, 0) is 7.05 Å². The van der Waals surface area contributed by atoms with Gasteiger partial charge >= 0.3 is 0 Å². The number of aromatic nitrogens is 5. The molecule has 80 valence electrons. The van der Waals surface area contributed by atoms with Crippen molar-refractivity contribution < 1.29 is 0 Å². The predicted octanol–water partition coefficient (Wildman–Crippen LogP) is 0.941. The monoisotopic (exact) mass is 214 g/mol. The highest BCUT2D eigenvalue weighted by Crippen LogP contribution is 2.18. The zero-order valence-corrected chi connectivity index (χ0v) is 8.68. The lowest BCUT2D eigenvalue weighted by atomic mass is 10.3. The fraction of sp³-hybridized carbons (Fsp3) is 0.100. The third-order valence-corrected chi connectivity index (χ3v) is 2.35. The molecular weight excluding hydrogens is 204 g/mol. The van der Waals surface area contributed by atoms with Crippen LogP contribution in [0.5, 0.6) is 0 Å². The average molecular weight is 214 g/mol. The highest BCUT2D eigenvalue weighted by Gasteiger charge is 2.07. The second-order valence-corrected chi connectivity index (χ2v) is 3.60. The van der Waals surface area contributed by atoms with Crippen LogP contribution in [-0.4, -0.2) is 24.7 Å². The molecule has 0 fully saturated rings. The number of fused-ring (bicyclic) bond motifs is 1. The molecular formula is C10H10N6. The Bertz CT molecular complexity index is 650. The van der Waals surface area contributed by atoms with E-state index in [0.29, 0.717) is 11.5 Å². The highest BCUT2D eigenvalue weighted by molar-refractivity contribution is 5.76. The lowest BCUT2D eigenvalue weighted by Gasteiger charge is -1.88. The van der Waals surface area contributed by atoms with E-state index in [1.54, 1.807) is 16.9 Å². The summed E-state index contributed by atoms with van der Waals surface area (Å²) in [5.74, 6) is 1.22. The summed E-state index contributed by atoms with van der Waals surface area (Å²) >= 11 is 0. The van der Waals surface area contributed by atoms with Crippen molar-refractivity contribution in [1.29, 1.82) is 0 Å². The van der Waals surface area contributed by atoms with Gasteiger partial charge in [0, 0.05) is 13.2 Å². The van der Waals surface area contributed by atoms with E-state index < -0.39 is 0 Å². The predicted molar refractivity (Wildman–Crippen MR) is 60.5 cm³/mol. The van der Waals surface area contributed by atoms with Gasteiger partial charge in [-0.15, -0.1) is 0 Å². The molecule has 0 spiro atoms. The van der Waals surface area contributed by atoms with Crippen molar-refractivity contribution in [3.05, 3.63) is 24.5 Å². The number of pyridine rings is 1. The fourth-order valence-corrected chi connectivity index (χ4v) is 1.59. The Morgan fingerprint density at radius 2 is 2.19 bits per heavy atom. The quantitative estimate of drug-likeness (QED) is 0.631. The molecule has 0 aliphatic heterocycles. The lowest BCUT2D eigenvalue weighted by molar-refractivity contribution is 0.768. The molecule has 0 bridgehead atoms. The Morgan fingerprint density at radius 3 is 2.94 bits per heavy atom. The number of nitrogens with two attached hydrogens (primary N) is 1. The van der Waals surface area contributed by atoms with Crippen molar-refractivity contribution in [2.45, 2.75) is 0 Å². The summed E-state index contributed by atoms with van der Waals surface area (Å²) in [5, 5.41) is 4.09. The van der Waals surface area contributed by atoms with Gasteiger partial charge < -0.3 is 10.7 Å². The summed E-state index contributed by atoms with van der Waals surface area (Å²) in [4.78, 5) is 11.7. The minimum atomic E-state index is 0.469. The van der Waals surface area contributed by atoms with E-state index in [4.69, 9.17) is 5.73 Å². The molecule has 0 saturated heterocycles. The molecule has 0 saturated carbocycles. The maximum Gasteiger partial charge on any atom is 0.180 e. The highest BCUT2D eigenvalue weighted by atomic mass is 15.2. The number of rotatable bonds is 1. The standard InChI is InChI=1S/C10H10N6/c1-16-5-6(4-12-16)9-13-7-2-3-8(11)14-10(7)15-9/h2-5H,1H3,(H3,11,13,14,15). The second kappa shape index (κ2) is 3.06. The summed E-state index contributed by atoms with van der Waals surface area (Å²) in [6.45, 7) is 0. The van der Waals surface area contributed by atoms with Crippen LogP contribution in [0.3, 0.4) is 0 Å². The Hall–Kier alpha value is -2.37. The molecule has 0 aliphatic carbocycles. The van der Waals surface area contributed by atoms with Crippen molar-refractivity contribution in [3.63, 3.8) is 0 Å². The fourth-order valence-electron chi connectivity index (χ4n) is 1.59. The maximum absolute atomic E-state index is 5.59. The molecule has 3 aromatic rings. The Morgan fingerprint density at radius 1 is 1.31 bits per heavy atom. The average Bonchev–Trinajstić information content (AvgIpc) is 2.83. The molecule has 6 nitrogen and oxygen atoms in total. The molecule has 6 heteroatoms. The van der Waals surface area contributed by atoms with Gasteiger partial charge in [-0.05, 0) is 12.1 Å². The third-order valence-electron chi connectivity index (χ3n) is 2.35. The third kappa shape index (κ3) is 1.31. The summed E-state index contributed by atoms with van der Waals surface area (Å²) in [7, 11) is 1.86. The zero-order valence-electron chi connectivity index (χ0n) is 8.68. The van der Waals surface area contributed by atoms with Gasteiger partial charge in [-0.25, -0.2) is 9.97 Å². The number of aryl methyl sites for hydroxylation is 1. The van der Waals surface area contributed by atoms with Crippen molar-refractivity contribution in [3.8, 4) is 11.4 Å². The molecule has 0 atom stereocenters. The molecule has 16 heavy (non-hydrogen) atoms. The molecule has 3 aromatic heterocycles. The van der Waals surface area contributed by atoms with Crippen LogP contribution in [0, 0.1) is 0 Å². The van der Waals surface area contributed by atoms with Crippen LogP contribution in [0.25, 0.3) is 22.6 Å². The summed E-state index contributed by atoms with van der Waals surface area (Å²) in [6.07, 6.45) is 3.64. The van der Waals surface area contributed by atoms with Gasteiger partial charge in [-0.2, -0.15) is 5.10 Å². The second-order valence-electron chi connectivity index (χ2n) is 3.60. The number of imidazole rings is 1. The van der Waals surface area contributed by atoms with Crippen molar-refractivity contribution in [1.82, 2.24) is 24.7 Å². The topological polar surface area (TPSA) is 85.4 Å². The molecule has 3 heterocycles. The van der Waals surface area contributed by atoms with E-state index in [9.17, 15) is 0 Å². The number of H-pyrrole nitrogens is 1. The minimum Gasteiger partial charge on any atom is -0.384 e. The van der Waals surface area contributed by atoms with Gasteiger partial charge in [-0.1, -0.05) is 0 Å². The number of anilines is 1. The number of hydrogen-bond donors (Lipinski definition) is 2. The maximum atomic E-state index is 5.59. The van der Waals surface area contributed by atoms with Gasteiger partial charge in [0.2, 0.25) is 0 Å². The first-order valence-electron chi connectivity index (χ1n) is 4.83. The van der Waals surface area contributed by atoms with Crippen LogP contribution in [0.4, 0.5) is 5.82 Å². The van der Waals surface area contributed by atoms with Gasteiger partial charge in [0.25, 0.3) is 0 Å². The SMILES string of the molecule is Cn1cc(-c2nc3nc(N)ccc3[nH]2)cn1. The van der Waals surface area contributed by atoms with Crippen LogP contribution in [0.1, 0.15) is 0 Å². The van der Waals surface area contributed by atoms with Crippen LogP contribution in [0.2, 0.25) is 0 Å². The largest absolute Gasteiger partial charge is 0.384 e. The van der Waals surface area contributed by atoms with E-state index in [2.05, 4.69) is 20.1 Å². The van der Waals surface area contributed by atoms with Gasteiger partial charge in [0.15, 0.2) is 5.65 Å². The molecule has 3 rings (SSSR count). The smallest absolute Gasteiger partial charge is 0.180 e. The number of nitrogens with one attached hydrogen (secondary N) is 1. The summed E-state index contributed by atoms with van der Waals surface area (Å²) in [5.41, 5.74) is 8.02. The van der Waals surface area contributed by atoms with Crippen LogP contribution in [0.15, 0.2) is 24.5 Å². The van der Waals surface area contributed by atoms with E-state index in [0.717, 1.165) is 16.9 Å². The first-order chi connectivity index (χ1) is 7.72. The minimum absolute atomic E-state index is 0.469. The number of nitrogens with zero attached hydrogens (tertiary/aromatic N) is 4. The van der Waals surface area contributed by atoms with Crippen LogP contribution < -0.4 is 5.73 Å². The van der Waals surface area contributed by atoms with Crippen molar-refractivity contribution in [2.24, 2.45) is 7.05 Å². The van der Waals surface area contributed by atoms with E-state index in [1.807, 2.05) is 19.3 Å². The number of hydrogen-bond acceptors (Lipinski definition) is 4.